The van der Waals surface area contributed by atoms with E-state index >= 15 is 0 Å². The molecule has 0 spiro atoms. The normalized spacial score (nSPS) is 19.2. The molecule has 0 N–H and O–H groups in total. The van der Waals surface area contributed by atoms with Crippen LogP contribution in [0.5, 0.6) is 0 Å². The number of nitrogens with zero attached hydrogens (tertiary/aromatic N) is 2. The van der Waals surface area contributed by atoms with Crippen molar-refractivity contribution in [2.24, 2.45) is 4.99 Å². The summed E-state index contributed by atoms with van der Waals surface area (Å²) in [6, 6.07) is -1.55. The van der Waals surface area contributed by atoms with Gasteiger partial charge < -0.3 is 9.47 Å². The van der Waals surface area contributed by atoms with Gasteiger partial charge in [-0.25, -0.2) is 14.6 Å². The van der Waals surface area contributed by atoms with Crippen molar-refractivity contribution in [1.82, 2.24) is 4.90 Å². The molecule has 2 amide bonds. The van der Waals surface area contributed by atoms with E-state index in [0.717, 1.165) is 58.1 Å². The maximum absolute atomic E-state index is 12.2. The van der Waals surface area contributed by atoms with E-state index in [4.69, 9.17) is 4.74 Å². The van der Waals surface area contributed by atoms with Crippen LogP contribution in [-0.4, -0.2) is 65.9 Å². The molecular formula is C16H20N2O6S. The monoisotopic (exact) mass is 368 g/mol. The van der Waals surface area contributed by atoms with Gasteiger partial charge in [-0.3, -0.25) is 14.5 Å². The molecule has 0 bridgehead atoms. The summed E-state index contributed by atoms with van der Waals surface area (Å²) in [7, 11) is 2.25. The Hall–Kier alpha value is -2.12. The van der Waals surface area contributed by atoms with Crippen molar-refractivity contribution in [1.29, 1.82) is 0 Å². The zero-order valence-electron chi connectivity index (χ0n) is 14.1. The molecule has 1 aliphatic carbocycles. The number of imide groups is 1. The van der Waals surface area contributed by atoms with Crippen molar-refractivity contribution < 1.29 is 28.7 Å². The summed E-state index contributed by atoms with van der Waals surface area (Å²) in [5.41, 5.74) is -0.302. The molecule has 1 aliphatic heterocycles. The van der Waals surface area contributed by atoms with E-state index in [2.05, 4.69) is 15.6 Å². The number of methoxy groups -OCH3 is 2. The number of hydrogen-bond donors (Lipinski definition) is 0. The summed E-state index contributed by atoms with van der Waals surface area (Å²) in [4.78, 5) is 53.4. The van der Waals surface area contributed by atoms with Crippen LogP contribution in [0.2, 0.25) is 0 Å². The number of esters is 2. The number of thioether (sulfide) groups is 1. The summed E-state index contributed by atoms with van der Waals surface area (Å²) in [6.45, 7) is 0. The summed E-state index contributed by atoms with van der Waals surface area (Å²) in [5, 5.41) is -0.624. The highest BCUT2D eigenvalue weighted by atomic mass is 32.2. The predicted molar refractivity (Wildman–Crippen MR) is 90.3 cm³/mol. The average molecular weight is 368 g/mol. The zero-order valence-corrected chi connectivity index (χ0v) is 15.0. The maximum atomic E-state index is 12.2. The van der Waals surface area contributed by atoms with Gasteiger partial charge in [0.1, 0.15) is 5.57 Å². The van der Waals surface area contributed by atoms with Gasteiger partial charge in [0.2, 0.25) is 5.91 Å². The highest BCUT2D eigenvalue weighted by molar-refractivity contribution is 8.14. The zero-order chi connectivity index (χ0) is 18.4. The lowest BCUT2D eigenvalue weighted by Crippen LogP contribution is -2.48. The van der Waals surface area contributed by atoms with Gasteiger partial charge in [-0.2, -0.15) is 0 Å². The van der Waals surface area contributed by atoms with Gasteiger partial charge in [0, 0.05) is 0 Å². The van der Waals surface area contributed by atoms with Crippen LogP contribution in [0.4, 0.5) is 4.79 Å². The fourth-order valence-corrected chi connectivity index (χ4v) is 3.51. The van der Waals surface area contributed by atoms with Crippen LogP contribution < -0.4 is 0 Å². The third kappa shape index (κ3) is 4.49. The molecule has 1 saturated carbocycles. The lowest BCUT2D eigenvalue weighted by atomic mass is 9.96. The van der Waals surface area contributed by atoms with Gasteiger partial charge >= 0.3 is 11.9 Å². The third-order valence-corrected chi connectivity index (χ3v) is 4.92. The molecule has 0 aromatic heterocycles. The first-order chi connectivity index (χ1) is 12.0. The molecule has 0 radical (unpaired) electrons. The van der Waals surface area contributed by atoms with Crippen molar-refractivity contribution in [3.8, 4) is 0 Å². The quantitative estimate of drug-likeness (QED) is 0.410. The molecule has 2 rings (SSSR count). The molecule has 0 aromatic carbocycles. The van der Waals surface area contributed by atoms with Crippen LogP contribution in [0.15, 0.2) is 10.6 Å². The largest absolute Gasteiger partial charge is 0.467 e. The van der Waals surface area contributed by atoms with Gasteiger partial charge in [-0.15, -0.1) is 0 Å². The Morgan fingerprint density at radius 2 is 1.88 bits per heavy atom. The first kappa shape index (κ1) is 19.2. The van der Waals surface area contributed by atoms with Crippen LogP contribution in [0.25, 0.3) is 0 Å². The number of carbonyl (C=O) groups is 4. The molecule has 1 heterocycles. The van der Waals surface area contributed by atoms with E-state index in [0.29, 0.717) is 4.90 Å². The SMILES string of the molecule is COC(=O)C(=C=NC1CCCCC1)C(C(=O)OC)N1C(=O)CSC1=O. The van der Waals surface area contributed by atoms with E-state index < -0.39 is 29.1 Å². The minimum atomic E-state index is -1.54. The number of carbonyl (C=O) groups excluding carboxylic acids is 4. The third-order valence-electron chi connectivity index (χ3n) is 4.09. The second kappa shape index (κ2) is 8.82. The Balaban J connectivity index is 2.44. The van der Waals surface area contributed by atoms with Crippen LogP contribution in [0.1, 0.15) is 32.1 Å². The van der Waals surface area contributed by atoms with Crippen LogP contribution in [0.3, 0.4) is 0 Å². The van der Waals surface area contributed by atoms with Crippen LogP contribution >= 0.6 is 11.8 Å². The Morgan fingerprint density at radius 1 is 1.20 bits per heavy atom. The molecule has 0 aromatic rings. The Labute approximate surface area is 149 Å². The summed E-state index contributed by atoms with van der Waals surface area (Å²) in [6.07, 6.45) is 4.93. The highest BCUT2D eigenvalue weighted by Crippen LogP contribution is 2.26. The van der Waals surface area contributed by atoms with Crippen molar-refractivity contribution in [2.45, 2.75) is 44.2 Å². The first-order valence-electron chi connectivity index (χ1n) is 7.97. The predicted octanol–water partition coefficient (Wildman–Crippen LogP) is 1.33. The summed E-state index contributed by atoms with van der Waals surface area (Å²) < 4.78 is 9.38. The summed E-state index contributed by atoms with van der Waals surface area (Å²) >= 11 is 0.758. The van der Waals surface area contributed by atoms with Gasteiger partial charge in [-0.05, 0) is 18.7 Å². The lowest BCUT2D eigenvalue weighted by Gasteiger charge is -2.23. The fourth-order valence-electron chi connectivity index (χ4n) is 2.78. The lowest BCUT2D eigenvalue weighted by molar-refractivity contribution is -0.150. The van der Waals surface area contributed by atoms with Crippen molar-refractivity contribution in [2.75, 3.05) is 20.0 Å². The molecule has 136 valence electrons. The second-order valence-corrected chi connectivity index (χ2v) is 6.61. The maximum Gasteiger partial charge on any atom is 0.346 e. The summed E-state index contributed by atoms with van der Waals surface area (Å²) in [5.74, 6) is 0.108. The van der Waals surface area contributed by atoms with Gasteiger partial charge in [0.05, 0.1) is 26.0 Å². The minimum Gasteiger partial charge on any atom is -0.467 e. The van der Waals surface area contributed by atoms with E-state index in [1.54, 1.807) is 0 Å². The Morgan fingerprint density at radius 3 is 2.40 bits per heavy atom. The highest BCUT2D eigenvalue weighted by Gasteiger charge is 2.45. The molecule has 9 heteroatoms. The van der Waals surface area contributed by atoms with Gasteiger partial charge in [0.25, 0.3) is 5.24 Å². The smallest absolute Gasteiger partial charge is 0.346 e. The molecule has 8 nitrogen and oxygen atoms in total. The Kier molecular flexibility index (Phi) is 6.78. The van der Waals surface area contributed by atoms with E-state index in [9.17, 15) is 19.2 Å². The first-order valence-corrected chi connectivity index (χ1v) is 8.95. The number of aliphatic imine (C=N–C) groups is 1. The van der Waals surface area contributed by atoms with Gasteiger partial charge in [0.15, 0.2) is 6.04 Å². The minimum absolute atomic E-state index is 0.00828. The average Bonchev–Trinajstić information content (AvgIpc) is 2.96. The molecule has 1 atom stereocenters. The van der Waals surface area contributed by atoms with Crippen LogP contribution in [-0.2, 0) is 23.9 Å². The van der Waals surface area contributed by atoms with Crippen molar-refractivity contribution >= 4 is 40.7 Å². The van der Waals surface area contributed by atoms with Crippen molar-refractivity contribution in [3.05, 3.63) is 5.57 Å². The van der Waals surface area contributed by atoms with Crippen molar-refractivity contribution in [3.63, 3.8) is 0 Å². The second-order valence-electron chi connectivity index (χ2n) is 5.68. The van der Waals surface area contributed by atoms with E-state index in [-0.39, 0.29) is 17.4 Å². The molecule has 1 saturated heterocycles. The fraction of sp³-hybridized carbons (Fsp3) is 0.625. The number of ether oxygens (including phenoxy) is 2. The van der Waals surface area contributed by atoms with E-state index in [1.807, 2.05) is 0 Å². The molecule has 1 unspecified atom stereocenters. The molecule has 2 fully saturated rings. The van der Waals surface area contributed by atoms with Crippen LogP contribution in [0, 0.1) is 0 Å². The molecule has 2 aliphatic rings. The topological polar surface area (TPSA) is 102 Å². The number of rotatable bonds is 5. The Bertz CT molecular complexity index is 619. The number of hydrogen-bond acceptors (Lipinski definition) is 8. The van der Waals surface area contributed by atoms with Gasteiger partial charge in [-0.1, -0.05) is 31.0 Å². The number of amides is 2. The molecule has 25 heavy (non-hydrogen) atoms. The standard InChI is InChI=1S/C16H20N2O6S/c1-23-14(20)11(8-17-10-6-4-3-5-7-10)13(15(21)24-2)18-12(19)9-25-16(18)22/h10,13H,3-7,9H2,1-2H3. The van der Waals surface area contributed by atoms with E-state index in [1.165, 1.54) is 0 Å². The molecular weight excluding hydrogens is 348 g/mol.